The van der Waals surface area contributed by atoms with Crippen molar-refractivity contribution in [2.24, 2.45) is 0 Å². The van der Waals surface area contributed by atoms with Gasteiger partial charge in [-0.25, -0.2) is 4.79 Å². The lowest BCUT2D eigenvalue weighted by molar-refractivity contribution is 0.0924. The van der Waals surface area contributed by atoms with Gasteiger partial charge in [-0.3, -0.25) is 0 Å². The molecule has 0 aliphatic carbocycles. The highest BCUT2D eigenvalue weighted by Gasteiger charge is 2.14. The van der Waals surface area contributed by atoms with Crippen LogP contribution < -0.4 is 4.74 Å². The van der Waals surface area contributed by atoms with Gasteiger partial charge in [0.25, 0.3) is 0 Å². The van der Waals surface area contributed by atoms with E-state index in [2.05, 4.69) is 19.9 Å². The van der Waals surface area contributed by atoms with Crippen LogP contribution in [0.4, 0.5) is 4.79 Å². The zero-order valence-corrected chi connectivity index (χ0v) is 16.7. The van der Waals surface area contributed by atoms with E-state index in [1.165, 1.54) is 43.2 Å². The average molecular weight is 369 g/mol. The van der Waals surface area contributed by atoms with E-state index in [1.807, 2.05) is 42.5 Å². The largest absolute Gasteiger partial charge is 0.514 e. The normalized spacial score (nSPS) is 10.6. The Labute approximate surface area is 163 Å². The Morgan fingerprint density at radius 2 is 1.52 bits per heavy atom. The van der Waals surface area contributed by atoms with Gasteiger partial charge in [0.05, 0.1) is 0 Å². The summed E-state index contributed by atoms with van der Waals surface area (Å²) in [6.45, 7) is 4.64. The van der Waals surface area contributed by atoms with E-state index in [0.717, 1.165) is 24.8 Å². The van der Waals surface area contributed by atoms with Gasteiger partial charge in [0, 0.05) is 0 Å². The van der Waals surface area contributed by atoms with Crippen LogP contribution in [0.25, 0.3) is 0 Å². The van der Waals surface area contributed by atoms with Gasteiger partial charge in [0.15, 0.2) is 0 Å². The first kappa shape index (κ1) is 21.0. The molecule has 0 aliphatic heterocycles. The number of carbonyl (C=O) groups is 1. The molecule has 0 atom stereocenters. The molecule has 0 amide bonds. The lowest BCUT2D eigenvalue weighted by Gasteiger charge is -2.15. The van der Waals surface area contributed by atoms with Crippen LogP contribution >= 0.6 is 0 Å². The highest BCUT2D eigenvalue weighted by atomic mass is 16.7. The number of ether oxygens (including phenoxy) is 2. The molecular weight excluding hydrogens is 336 g/mol. The van der Waals surface area contributed by atoms with E-state index >= 15 is 0 Å². The second kappa shape index (κ2) is 12.2. The maximum absolute atomic E-state index is 12.2. The van der Waals surface area contributed by atoms with Crippen LogP contribution in [0.2, 0.25) is 0 Å². The highest BCUT2D eigenvalue weighted by molar-refractivity contribution is 5.65. The number of rotatable bonds is 11. The Kier molecular flexibility index (Phi) is 9.47. The molecule has 2 aromatic rings. The van der Waals surface area contributed by atoms with E-state index in [-0.39, 0.29) is 6.61 Å². The fourth-order valence-corrected chi connectivity index (χ4v) is 3.18. The lowest BCUT2D eigenvalue weighted by atomic mass is 9.96. The molecule has 0 spiro atoms. The van der Waals surface area contributed by atoms with Crippen molar-refractivity contribution in [2.45, 2.75) is 71.8 Å². The molecule has 0 fully saturated rings. The van der Waals surface area contributed by atoms with Crippen LogP contribution in [0.1, 0.15) is 69.1 Å². The predicted octanol–water partition coefficient (Wildman–Crippen LogP) is 6.87. The van der Waals surface area contributed by atoms with Crippen molar-refractivity contribution in [1.29, 1.82) is 0 Å². The fourth-order valence-electron chi connectivity index (χ4n) is 3.18. The highest BCUT2D eigenvalue weighted by Crippen LogP contribution is 2.27. The zero-order valence-electron chi connectivity index (χ0n) is 16.7. The molecule has 0 unspecified atom stereocenters. The fraction of sp³-hybridized carbons (Fsp3) is 0.458. The number of hydrogen-bond acceptors (Lipinski definition) is 3. The number of hydrogen-bond donors (Lipinski definition) is 0. The van der Waals surface area contributed by atoms with Gasteiger partial charge in [-0.1, -0.05) is 82.0 Å². The monoisotopic (exact) mass is 368 g/mol. The zero-order chi connectivity index (χ0) is 19.3. The molecular formula is C24H32O3. The van der Waals surface area contributed by atoms with E-state index in [4.69, 9.17) is 9.47 Å². The van der Waals surface area contributed by atoms with Gasteiger partial charge in [-0.15, -0.1) is 0 Å². The average Bonchev–Trinajstić information content (AvgIpc) is 2.69. The molecule has 0 aliphatic rings. The number of aryl methyl sites for hydroxylation is 1. The van der Waals surface area contributed by atoms with Crippen LogP contribution in [-0.2, 0) is 24.2 Å². The first-order chi connectivity index (χ1) is 13.2. The third-order valence-electron chi connectivity index (χ3n) is 4.70. The van der Waals surface area contributed by atoms with E-state index in [0.29, 0.717) is 5.75 Å². The van der Waals surface area contributed by atoms with Gasteiger partial charge < -0.3 is 9.47 Å². The van der Waals surface area contributed by atoms with Crippen molar-refractivity contribution in [2.75, 3.05) is 0 Å². The maximum atomic E-state index is 12.2. The first-order valence-electron chi connectivity index (χ1n) is 10.2. The predicted molar refractivity (Wildman–Crippen MR) is 110 cm³/mol. The summed E-state index contributed by atoms with van der Waals surface area (Å²) in [6, 6.07) is 15.7. The van der Waals surface area contributed by atoms with Crippen molar-refractivity contribution in [3.05, 3.63) is 65.2 Å². The van der Waals surface area contributed by atoms with Gasteiger partial charge in [-0.05, 0) is 48.4 Å². The molecule has 0 N–H and O–H groups in total. The van der Waals surface area contributed by atoms with Crippen molar-refractivity contribution in [3.63, 3.8) is 0 Å². The smallest absolute Gasteiger partial charge is 0.429 e. The molecule has 2 aromatic carbocycles. The summed E-state index contributed by atoms with van der Waals surface area (Å²) in [4.78, 5) is 12.2. The van der Waals surface area contributed by atoms with Gasteiger partial charge in [0.1, 0.15) is 12.4 Å². The summed E-state index contributed by atoms with van der Waals surface area (Å²) in [7, 11) is 0. The van der Waals surface area contributed by atoms with Gasteiger partial charge in [-0.2, -0.15) is 0 Å². The Balaban J connectivity index is 2.03. The summed E-state index contributed by atoms with van der Waals surface area (Å²) >= 11 is 0. The minimum absolute atomic E-state index is 0.223. The molecule has 2 rings (SSSR count). The SMILES string of the molecule is CCCCCc1cccc(OC(=O)OCc2ccccc2)c1CCCCC. The minimum Gasteiger partial charge on any atom is -0.429 e. The van der Waals surface area contributed by atoms with Crippen molar-refractivity contribution in [3.8, 4) is 5.75 Å². The summed E-state index contributed by atoms with van der Waals surface area (Å²) in [5, 5.41) is 0. The Morgan fingerprint density at radius 3 is 2.22 bits per heavy atom. The van der Waals surface area contributed by atoms with E-state index in [9.17, 15) is 4.79 Å². The van der Waals surface area contributed by atoms with Gasteiger partial charge >= 0.3 is 6.16 Å². The Hall–Kier alpha value is -2.29. The minimum atomic E-state index is -0.638. The molecule has 0 bridgehead atoms. The summed E-state index contributed by atoms with van der Waals surface area (Å²) in [5.41, 5.74) is 3.41. The van der Waals surface area contributed by atoms with E-state index < -0.39 is 6.16 Å². The van der Waals surface area contributed by atoms with Crippen LogP contribution in [0.5, 0.6) is 5.75 Å². The summed E-state index contributed by atoms with van der Waals surface area (Å²) in [5.74, 6) is 0.651. The molecule has 3 heteroatoms. The molecule has 0 radical (unpaired) electrons. The van der Waals surface area contributed by atoms with Crippen molar-refractivity contribution < 1.29 is 14.3 Å². The van der Waals surface area contributed by atoms with E-state index in [1.54, 1.807) is 0 Å². The standard InChI is InChI=1S/C24H32O3/c1-3-5-8-15-21-16-12-18-23(22(21)17-9-6-4-2)27-24(25)26-19-20-13-10-7-11-14-20/h7,10-14,16,18H,3-6,8-9,15,17,19H2,1-2H3. The third kappa shape index (κ3) is 7.46. The number of unbranched alkanes of at least 4 members (excludes halogenated alkanes) is 4. The molecule has 27 heavy (non-hydrogen) atoms. The molecule has 0 heterocycles. The number of carbonyl (C=O) groups excluding carboxylic acids is 1. The third-order valence-corrected chi connectivity index (χ3v) is 4.70. The lowest BCUT2D eigenvalue weighted by Crippen LogP contribution is -2.12. The maximum Gasteiger partial charge on any atom is 0.514 e. The van der Waals surface area contributed by atoms with Crippen molar-refractivity contribution in [1.82, 2.24) is 0 Å². The molecule has 146 valence electrons. The Morgan fingerprint density at radius 1 is 0.815 bits per heavy atom. The molecule has 3 nitrogen and oxygen atoms in total. The quantitative estimate of drug-likeness (QED) is 0.247. The van der Waals surface area contributed by atoms with Crippen LogP contribution in [0.3, 0.4) is 0 Å². The van der Waals surface area contributed by atoms with Crippen LogP contribution in [0.15, 0.2) is 48.5 Å². The van der Waals surface area contributed by atoms with Crippen molar-refractivity contribution >= 4 is 6.16 Å². The topological polar surface area (TPSA) is 35.5 Å². The second-order valence-electron chi connectivity index (χ2n) is 6.93. The number of benzene rings is 2. The molecule has 0 aromatic heterocycles. The first-order valence-corrected chi connectivity index (χ1v) is 10.2. The van der Waals surface area contributed by atoms with Crippen LogP contribution in [0, 0.1) is 0 Å². The van der Waals surface area contributed by atoms with Crippen LogP contribution in [-0.4, -0.2) is 6.16 Å². The summed E-state index contributed by atoms with van der Waals surface area (Å²) in [6.07, 6.45) is 8.39. The second-order valence-corrected chi connectivity index (χ2v) is 6.93. The summed E-state index contributed by atoms with van der Waals surface area (Å²) < 4.78 is 10.9. The molecule has 0 saturated carbocycles. The van der Waals surface area contributed by atoms with Gasteiger partial charge in [0.2, 0.25) is 0 Å². The Bertz CT molecular complexity index is 679. The molecule has 0 saturated heterocycles.